The van der Waals surface area contributed by atoms with Crippen LogP contribution in [0, 0.1) is 0 Å². The summed E-state index contributed by atoms with van der Waals surface area (Å²) in [5.74, 6) is -0.413. The van der Waals surface area contributed by atoms with Crippen LogP contribution in [0.5, 0.6) is 0 Å². The average Bonchev–Trinajstić information content (AvgIpc) is 2.28. The molecule has 1 aromatic heterocycles. The summed E-state index contributed by atoms with van der Waals surface area (Å²) < 4.78 is 5.85. The zero-order chi connectivity index (χ0) is 10.7. The van der Waals surface area contributed by atoms with Gasteiger partial charge in [-0.3, -0.25) is 4.79 Å². The van der Waals surface area contributed by atoms with Crippen molar-refractivity contribution in [2.24, 2.45) is 0 Å². The maximum absolute atomic E-state index is 10.4. The number of rotatable bonds is 4. The van der Waals surface area contributed by atoms with Crippen LogP contribution in [0.25, 0.3) is 0 Å². The summed E-state index contributed by atoms with van der Waals surface area (Å²) >= 11 is 3.25. The minimum Gasteiger partial charge on any atom is -0.481 e. The molecule has 1 N–H and O–H groups in total. The standard InChI is InChI=1S/C9H12BrNO3/c1-11(2)5-6-3-7(4-8(12)13)14-9(6)10/h3H,4-5H2,1-2H3,(H,12,13). The van der Waals surface area contributed by atoms with Crippen molar-refractivity contribution in [3.63, 3.8) is 0 Å². The van der Waals surface area contributed by atoms with Gasteiger partial charge in [0.2, 0.25) is 0 Å². The number of carboxylic acid groups (broad SMARTS) is 1. The lowest BCUT2D eigenvalue weighted by Gasteiger charge is -2.06. The summed E-state index contributed by atoms with van der Waals surface area (Å²) in [6, 6.07) is 1.76. The molecule has 0 fully saturated rings. The normalized spacial score (nSPS) is 10.9. The summed E-state index contributed by atoms with van der Waals surface area (Å²) in [5, 5.41) is 8.56. The molecule has 1 rings (SSSR count). The maximum atomic E-state index is 10.4. The fourth-order valence-corrected chi connectivity index (χ4v) is 1.59. The number of carboxylic acids is 1. The second-order valence-corrected chi connectivity index (χ2v) is 4.04. The van der Waals surface area contributed by atoms with Crippen molar-refractivity contribution >= 4 is 21.9 Å². The van der Waals surface area contributed by atoms with Gasteiger partial charge in [0, 0.05) is 12.1 Å². The Labute approximate surface area is 90.6 Å². The van der Waals surface area contributed by atoms with Crippen LogP contribution in [0.4, 0.5) is 0 Å². The van der Waals surface area contributed by atoms with E-state index in [4.69, 9.17) is 9.52 Å². The summed E-state index contributed by atoms with van der Waals surface area (Å²) in [6.07, 6.45) is -0.0774. The number of nitrogens with zero attached hydrogens (tertiary/aromatic N) is 1. The van der Waals surface area contributed by atoms with Gasteiger partial charge in [-0.05, 0) is 36.1 Å². The van der Waals surface area contributed by atoms with E-state index in [2.05, 4.69) is 15.9 Å². The molecule has 4 nitrogen and oxygen atoms in total. The summed E-state index contributed by atoms with van der Waals surface area (Å²) in [4.78, 5) is 12.4. The lowest BCUT2D eigenvalue weighted by Crippen LogP contribution is -2.10. The molecule has 0 aliphatic carbocycles. The molecule has 0 spiro atoms. The lowest BCUT2D eigenvalue weighted by atomic mass is 10.2. The molecule has 0 saturated carbocycles. The van der Waals surface area contributed by atoms with E-state index in [1.54, 1.807) is 6.07 Å². The maximum Gasteiger partial charge on any atom is 0.311 e. The van der Waals surface area contributed by atoms with Gasteiger partial charge in [0.05, 0.1) is 0 Å². The molecule has 0 saturated heterocycles. The minimum absolute atomic E-state index is 0.0774. The highest BCUT2D eigenvalue weighted by Crippen LogP contribution is 2.22. The number of halogens is 1. The van der Waals surface area contributed by atoms with Gasteiger partial charge in [-0.15, -0.1) is 0 Å². The van der Waals surface area contributed by atoms with Crippen molar-refractivity contribution in [3.05, 3.63) is 22.1 Å². The molecule has 0 radical (unpaired) electrons. The van der Waals surface area contributed by atoms with Crippen molar-refractivity contribution in [3.8, 4) is 0 Å². The first kappa shape index (κ1) is 11.3. The smallest absolute Gasteiger partial charge is 0.311 e. The number of hydrogen-bond acceptors (Lipinski definition) is 3. The van der Waals surface area contributed by atoms with Crippen LogP contribution in [-0.4, -0.2) is 30.1 Å². The van der Waals surface area contributed by atoms with Crippen LogP contribution < -0.4 is 0 Å². The quantitative estimate of drug-likeness (QED) is 0.897. The van der Waals surface area contributed by atoms with E-state index >= 15 is 0 Å². The number of aliphatic carboxylic acids is 1. The first-order chi connectivity index (χ1) is 6.49. The Hall–Kier alpha value is -0.810. The monoisotopic (exact) mass is 261 g/mol. The van der Waals surface area contributed by atoms with Crippen molar-refractivity contribution in [1.29, 1.82) is 0 Å². The number of carbonyl (C=O) groups is 1. The van der Waals surface area contributed by atoms with Gasteiger partial charge in [-0.2, -0.15) is 0 Å². The molecule has 78 valence electrons. The van der Waals surface area contributed by atoms with E-state index in [9.17, 15) is 4.79 Å². The molecular weight excluding hydrogens is 250 g/mol. The number of hydrogen-bond donors (Lipinski definition) is 1. The second kappa shape index (κ2) is 4.61. The Morgan fingerprint density at radius 1 is 1.64 bits per heavy atom. The molecule has 0 aliphatic heterocycles. The van der Waals surface area contributed by atoms with Crippen molar-refractivity contribution in [1.82, 2.24) is 4.90 Å². The Kier molecular flexibility index (Phi) is 3.71. The fraction of sp³-hybridized carbons (Fsp3) is 0.444. The van der Waals surface area contributed by atoms with Crippen LogP contribution in [-0.2, 0) is 17.8 Å². The molecule has 0 unspecified atom stereocenters. The molecule has 0 bridgehead atoms. The van der Waals surface area contributed by atoms with Gasteiger partial charge in [0.15, 0.2) is 4.67 Å². The predicted octanol–water partition coefficient (Wildman–Crippen LogP) is 1.73. The fourth-order valence-electron chi connectivity index (χ4n) is 1.15. The Morgan fingerprint density at radius 2 is 2.29 bits per heavy atom. The Morgan fingerprint density at radius 3 is 2.79 bits per heavy atom. The van der Waals surface area contributed by atoms with Gasteiger partial charge < -0.3 is 14.4 Å². The average molecular weight is 262 g/mol. The minimum atomic E-state index is -0.886. The number of furan rings is 1. The summed E-state index contributed by atoms with van der Waals surface area (Å²) in [5.41, 5.74) is 0.964. The van der Waals surface area contributed by atoms with E-state index in [-0.39, 0.29) is 6.42 Å². The zero-order valence-corrected chi connectivity index (χ0v) is 9.67. The van der Waals surface area contributed by atoms with Gasteiger partial charge in [-0.25, -0.2) is 0 Å². The van der Waals surface area contributed by atoms with Gasteiger partial charge >= 0.3 is 5.97 Å². The predicted molar refractivity (Wildman–Crippen MR) is 55.1 cm³/mol. The molecule has 1 heterocycles. The van der Waals surface area contributed by atoms with E-state index < -0.39 is 5.97 Å². The molecular formula is C9H12BrNO3. The first-order valence-corrected chi connectivity index (χ1v) is 4.92. The molecule has 1 aromatic rings. The molecule has 5 heteroatoms. The van der Waals surface area contributed by atoms with Crippen LogP contribution in [0.1, 0.15) is 11.3 Å². The molecule has 14 heavy (non-hydrogen) atoms. The van der Waals surface area contributed by atoms with Crippen molar-refractivity contribution in [2.45, 2.75) is 13.0 Å². The largest absolute Gasteiger partial charge is 0.481 e. The topological polar surface area (TPSA) is 53.7 Å². The van der Waals surface area contributed by atoms with E-state index in [0.29, 0.717) is 10.4 Å². The lowest BCUT2D eigenvalue weighted by molar-refractivity contribution is -0.136. The van der Waals surface area contributed by atoms with Gasteiger partial charge in [0.25, 0.3) is 0 Å². The van der Waals surface area contributed by atoms with E-state index in [0.717, 1.165) is 12.1 Å². The Balaban J connectivity index is 2.76. The van der Waals surface area contributed by atoms with Crippen molar-refractivity contribution < 1.29 is 14.3 Å². The summed E-state index contributed by atoms with van der Waals surface area (Å²) in [6.45, 7) is 0.726. The van der Waals surface area contributed by atoms with E-state index in [1.807, 2.05) is 19.0 Å². The van der Waals surface area contributed by atoms with Crippen LogP contribution in [0.15, 0.2) is 15.2 Å². The second-order valence-electron chi connectivity index (χ2n) is 3.32. The third-order valence-electron chi connectivity index (χ3n) is 1.62. The molecule has 0 atom stereocenters. The SMILES string of the molecule is CN(C)Cc1cc(CC(=O)O)oc1Br. The highest BCUT2D eigenvalue weighted by Gasteiger charge is 2.11. The van der Waals surface area contributed by atoms with Crippen molar-refractivity contribution in [2.75, 3.05) is 14.1 Å². The molecule has 0 amide bonds. The molecule has 0 aliphatic rings. The Bertz CT molecular complexity index is 333. The highest BCUT2D eigenvalue weighted by atomic mass is 79.9. The summed E-state index contributed by atoms with van der Waals surface area (Å²) in [7, 11) is 3.88. The molecule has 0 aromatic carbocycles. The van der Waals surface area contributed by atoms with Gasteiger partial charge in [-0.1, -0.05) is 0 Å². The zero-order valence-electron chi connectivity index (χ0n) is 8.08. The third-order valence-corrected chi connectivity index (χ3v) is 2.29. The van der Waals surface area contributed by atoms with Gasteiger partial charge in [0.1, 0.15) is 12.2 Å². The van der Waals surface area contributed by atoms with Crippen LogP contribution in [0.3, 0.4) is 0 Å². The van der Waals surface area contributed by atoms with Crippen LogP contribution in [0.2, 0.25) is 0 Å². The highest BCUT2D eigenvalue weighted by molar-refractivity contribution is 9.10. The third kappa shape index (κ3) is 3.16. The van der Waals surface area contributed by atoms with E-state index in [1.165, 1.54) is 0 Å². The van der Waals surface area contributed by atoms with Crippen LogP contribution >= 0.6 is 15.9 Å². The first-order valence-electron chi connectivity index (χ1n) is 4.12.